The van der Waals surface area contributed by atoms with E-state index in [0.29, 0.717) is 22.9 Å². The zero-order chi connectivity index (χ0) is 20.6. The van der Waals surface area contributed by atoms with Crippen LogP contribution in [0.4, 0.5) is 4.79 Å². The molecule has 0 radical (unpaired) electrons. The van der Waals surface area contributed by atoms with Crippen LogP contribution in [0.25, 0.3) is 6.08 Å². The minimum absolute atomic E-state index is 0.0107. The van der Waals surface area contributed by atoms with Gasteiger partial charge in [0.2, 0.25) is 0 Å². The molecule has 0 saturated heterocycles. The Bertz CT molecular complexity index is 694. The molecule has 1 atom stereocenters. The molecule has 0 spiro atoms. The van der Waals surface area contributed by atoms with Crippen LogP contribution in [0.2, 0.25) is 5.02 Å². The summed E-state index contributed by atoms with van der Waals surface area (Å²) in [5, 5.41) is 12.6. The molecule has 1 aromatic carbocycles. The van der Waals surface area contributed by atoms with Crippen molar-refractivity contribution in [1.82, 2.24) is 5.32 Å². The lowest BCUT2D eigenvalue weighted by atomic mass is 10.0. The molecule has 1 rings (SSSR count). The summed E-state index contributed by atoms with van der Waals surface area (Å²) in [6.07, 6.45) is 2.63. The number of halogens is 1. The van der Waals surface area contributed by atoms with E-state index < -0.39 is 23.7 Å². The number of carboxylic acids is 1. The van der Waals surface area contributed by atoms with Crippen LogP contribution in [0, 0.1) is 0 Å². The van der Waals surface area contributed by atoms with Gasteiger partial charge in [0.1, 0.15) is 11.4 Å². The van der Waals surface area contributed by atoms with Crippen molar-refractivity contribution < 1.29 is 24.2 Å². The van der Waals surface area contributed by atoms with Crippen molar-refractivity contribution in [2.24, 2.45) is 0 Å². The Balaban J connectivity index is 3.09. The number of unbranched alkanes of at least 4 members (excludes halogenated alkanes) is 1. The van der Waals surface area contributed by atoms with Crippen molar-refractivity contribution in [3.8, 4) is 5.75 Å². The number of hydrogen-bond donors (Lipinski definition) is 2. The first-order chi connectivity index (χ1) is 12.5. The molecule has 27 heavy (non-hydrogen) atoms. The number of nitrogens with one attached hydrogen (secondary N) is 1. The van der Waals surface area contributed by atoms with Crippen LogP contribution in [0.5, 0.6) is 5.75 Å². The number of alkyl carbamates (subject to hydrolysis) is 1. The molecule has 1 unspecified atom stereocenters. The fourth-order valence-corrected chi connectivity index (χ4v) is 2.37. The minimum Gasteiger partial charge on any atom is -0.493 e. The Hall–Kier alpha value is -2.21. The second kappa shape index (κ2) is 10.2. The highest BCUT2D eigenvalue weighted by molar-refractivity contribution is 6.30. The summed E-state index contributed by atoms with van der Waals surface area (Å²) in [5.74, 6) is -0.617. The Morgan fingerprint density at radius 1 is 1.33 bits per heavy atom. The third kappa shape index (κ3) is 8.35. The van der Waals surface area contributed by atoms with Crippen molar-refractivity contribution in [1.29, 1.82) is 0 Å². The highest BCUT2D eigenvalue weighted by Crippen LogP contribution is 2.26. The maximum absolute atomic E-state index is 11.9. The number of carboxylic acid groups (broad SMARTS) is 1. The van der Waals surface area contributed by atoms with Gasteiger partial charge in [0.05, 0.1) is 18.2 Å². The molecule has 0 aliphatic heterocycles. The first-order valence-electron chi connectivity index (χ1n) is 8.90. The number of benzene rings is 1. The fourth-order valence-electron chi connectivity index (χ4n) is 2.19. The summed E-state index contributed by atoms with van der Waals surface area (Å²) in [7, 11) is 0. The molecule has 2 N–H and O–H groups in total. The zero-order valence-electron chi connectivity index (χ0n) is 16.5. The van der Waals surface area contributed by atoms with Crippen LogP contribution >= 0.6 is 11.6 Å². The molecule has 0 aliphatic rings. The van der Waals surface area contributed by atoms with Crippen molar-refractivity contribution in [2.75, 3.05) is 6.61 Å². The third-order valence-corrected chi connectivity index (χ3v) is 3.72. The van der Waals surface area contributed by atoms with Gasteiger partial charge in [0.25, 0.3) is 0 Å². The second-order valence-corrected chi connectivity index (χ2v) is 7.59. The van der Waals surface area contributed by atoms with Crippen LogP contribution in [0.3, 0.4) is 0 Å². The van der Waals surface area contributed by atoms with Gasteiger partial charge in [-0.25, -0.2) is 9.59 Å². The normalized spacial score (nSPS) is 13.0. The number of carbonyl (C=O) groups excluding carboxylic acids is 1. The van der Waals surface area contributed by atoms with Gasteiger partial charge in [-0.2, -0.15) is 0 Å². The number of ether oxygens (including phenoxy) is 2. The maximum Gasteiger partial charge on any atom is 0.408 e. The zero-order valence-corrected chi connectivity index (χ0v) is 17.2. The van der Waals surface area contributed by atoms with E-state index in [0.717, 1.165) is 12.8 Å². The molecule has 150 valence electrons. The van der Waals surface area contributed by atoms with Gasteiger partial charge >= 0.3 is 12.1 Å². The van der Waals surface area contributed by atoms with E-state index in [-0.39, 0.29) is 5.57 Å². The predicted octanol–water partition coefficient (Wildman–Crippen LogP) is 4.90. The number of amides is 1. The average Bonchev–Trinajstić information content (AvgIpc) is 2.52. The van der Waals surface area contributed by atoms with Gasteiger partial charge in [-0.15, -0.1) is 0 Å². The molecule has 0 fully saturated rings. The van der Waals surface area contributed by atoms with Gasteiger partial charge in [-0.05, 0) is 58.4 Å². The summed E-state index contributed by atoms with van der Waals surface area (Å²) in [6, 6.07) is 4.24. The van der Waals surface area contributed by atoms with Crippen molar-refractivity contribution >= 4 is 29.7 Å². The van der Waals surface area contributed by atoms with Gasteiger partial charge in [-0.1, -0.05) is 24.9 Å². The highest BCUT2D eigenvalue weighted by atomic mass is 35.5. The van der Waals surface area contributed by atoms with Gasteiger partial charge in [0, 0.05) is 10.6 Å². The molecule has 6 nitrogen and oxygen atoms in total. The molecular formula is C20H28ClNO5. The summed E-state index contributed by atoms with van der Waals surface area (Å²) < 4.78 is 10.9. The standard InChI is InChI=1S/C20H28ClNO5/c1-6-7-10-26-17-9-8-15(21)11-14(17)12-16(18(23)24)13(2)22-19(25)27-20(3,4)5/h8-9,11-13H,6-7,10H2,1-5H3,(H,22,25)(H,23,24)/b16-12-. The number of aliphatic carboxylic acids is 1. The van der Waals surface area contributed by atoms with E-state index in [9.17, 15) is 14.7 Å². The van der Waals surface area contributed by atoms with E-state index in [4.69, 9.17) is 21.1 Å². The largest absolute Gasteiger partial charge is 0.493 e. The Morgan fingerprint density at radius 2 is 2.00 bits per heavy atom. The summed E-state index contributed by atoms with van der Waals surface area (Å²) in [6.45, 7) is 9.35. The fraction of sp³-hybridized carbons (Fsp3) is 0.500. The van der Waals surface area contributed by atoms with E-state index >= 15 is 0 Å². The lowest BCUT2D eigenvalue weighted by Gasteiger charge is -2.22. The Kier molecular flexibility index (Phi) is 8.63. The third-order valence-electron chi connectivity index (χ3n) is 3.48. The van der Waals surface area contributed by atoms with Gasteiger partial charge in [-0.3, -0.25) is 0 Å². The van der Waals surface area contributed by atoms with E-state index in [1.807, 2.05) is 0 Å². The van der Waals surface area contributed by atoms with Crippen LogP contribution < -0.4 is 10.1 Å². The van der Waals surface area contributed by atoms with E-state index in [2.05, 4.69) is 12.2 Å². The Morgan fingerprint density at radius 3 is 2.56 bits per heavy atom. The monoisotopic (exact) mass is 397 g/mol. The predicted molar refractivity (Wildman–Crippen MR) is 106 cm³/mol. The number of hydrogen-bond acceptors (Lipinski definition) is 4. The first-order valence-corrected chi connectivity index (χ1v) is 9.28. The van der Waals surface area contributed by atoms with Gasteiger partial charge in [0.15, 0.2) is 0 Å². The molecule has 7 heteroatoms. The van der Waals surface area contributed by atoms with Crippen molar-refractivity contribution in [3.63, 3.8) is 0 Å². The van der Waals surface area contributed by atoms with Crippen LogP contribution in [0.1, 0.15) is 53.0 Å². The molecule has 0 heterocycles. The summed E-state index contributed by atoms with van der Waals surface area (Å²) in [5.41, 5.74) is -0.151. The Labute approximate surface area is 165 Å². The molecular weight excluding hydrogens is 370 g/mol. The quantitative estimate of drug-likeness (QED) is 0.481. The molecule has 0 aliphatic carbocycles. The number of rotatable bonds is 8. The average molecular weight is 398 g/mol. The number of carbonyl (C=O) groups is 2. The van der Waals surface area contributed by atoms with Crippen LogP contribution in [0.15, 0.2) is 23.8 Å². The van der Waals surface area contributed by atoms with E-state index in [1.165, 1.54) is 6.08 Å². The second-order valence-electron chi connectivity index (χ2n) is 7.16. The van der Waals surface area contributed by atoms with Crippen molar-refractivity contribution in [2.45, 2.75) is 59.1 Å². The molecule has 1 aromatic rings. The summed E-state index contributed by atoms with van der Waals surface area (Å²) in [4.78, 5) is 23.7. The van der Waals surface area contributed by atoms with Crippen LogP contribution in [-0.4, -0.2) is 35.4 Å². The van der Waals surface area contributed by atoms with E-state index in [1.54, 1.807) is 45.9 Å². The lowest BCUT2D eigenvalue weighted by Crippen LogP contribution is -2.39. The molecule has 1 amide bonds. The van der Waals surface area contributed by atoms with Crippen molar-refractivity contribution in [3.05, 3.63) is 34.4 Å². The lowest BCUT2D eigenvalue weighted by molar-refractivity contribution is -0.132. The first kappa shape index (κ1) is 22.8. The summed E-state index contributed by atoms with van der Waals surface area (Å²) >= 11 is 6.06. The molecule has 0 saturated carbocycles. The highest BCUT2D eigenvalue weighted by Gasteiger charge is 2.22. The minimum atomic E-state index is -1.15. The smallest absolute Gasteiger partial charge is 0.408 e. The van der Waals surface area contributed by atoms with Gasteiger partial charge < -0.3 is 19.9 Å². The topological polar surface area (TPSA) is 84.9 Å². The SMILES string of the molecule is CCCCOc1ccc(Cl)cc1/C=C(\C(=O)O)C(C)NC(=O)OC(C)(C)C. The molecule has 0 bridgehead atoms. The maximum atomic E-state index is 11.9. The molecule has 0 aromatic heterocycles. The van der Waals surface area contributed by atoms with Crippen LogP contribution in [-0.2, 0) is 9.53 Å².